The lowest BCUT2D eigenvalue weighted by Gasteiger charge is -2.19. The third-order valence-corrected chi connectivity index (χ3v) is 3.15. The number of amides is 1. The number of hydrogen-bond donors (Lipinski definition) is 2. The molecule has 1 amide bonds. The molecular formula is C13H29Cl2N3O. The van der Waals surface area contributed by atoms with Crippen LogP contribution in [0.5, 0.6) is 0 Å². The van der Waals surface area contributed by atoms with Gasteiger partial charge in [-0.15, -0.1) is 24.8 Å². The summed E-state index contributed by atoms with van der Waals surface area (Å²) in [4.78, 5) is 13.8. The Morgan fingerprint density at radius 1 is 1.21 bits per heavy atom. The van der Waals surface area contributed by atoms with Gasteiger partial charge in [0.2, 0.25) is 5.91 Å². The Hall–Kier alpha value is -0.0300. The van der Waals surface area contributed by atoms with Crippen molar-refractivity contribution in [1.82, 2.24) is 15.5 Å². The average molecular weight is 314 g/mol. The molecule has 1 aliphatic rings. The highest BCUT2D eigenvalue weighted by Crippen LogP contribution is 2.27. The van der Waals surface area contributed by atoms with Gasteiger partial charge < -0.3 is 15.5 Å². The molecule has 6 heteroatoms. The monoisotopic (exact) mass is 313 g/mol. The molecule has 0 spiro atoms. The predicted molar refractivity (Wildman–Crippen MR) is 85.5 cm³/mol. The van der Waals surface area contributed by atoms with Crippen LogP contribution in [0.2, 0.25) is 0 Å². The Morgan fingerprint density at radius 3 is 2.42 bits per heavy atom. The van der Waals surface area contributed by atoms with Crippen LogP contribution in [0, 0.1) is 5.92 Å². The molecule has 116 valence electrons. The molecule has 0 aromatic heterocycles. The Kier molecular flexibility index (Phi) is 14.5. The maximum Gasteiger partial charge on any atom is 0.234 e. The second-order valence-electron chi connectivity index (χ2n) is 4.86. The summed E-state index contributed by atoms with van der Waals surface area (Å²) in [6.07, 6.45) is 3.83. The van der Waals surface area contributed by atoms with Crippen molar-refractivity contribution in [2.24, 2.45) is 5.92 Å². The van der Waals surface area contributed by atoms with E-state index in [1.807, 2.05) is 0 Å². The van der Waals surface area contributed by atoms with E-state index in [-0.39, 0.29) is 30.7 Å². The van der Waals surface area contributed by atoms with E-state index < -0.39 is 0 Å². The fourth-order valence-electron chi connectivity index (χ4n) is 1.87. The van der Waals surface area contributed by atoms with Gasteiger partial charge in [0.15, 0.2) is 0 Å². The zero-order valence-corrected chi connectivity index (χ0v) is 13.7. The number of carbonyl (C=O) groups is 1. The minimum atomic E-state index is 0. The standard InChI is InChI=1S/C13H27N3O.2ClH/c1-3-8-16(4-2)9-7-15-13(17)11-14-10-12-5-6-12;;/h12,14H,3-11H2,1-2H3,(H,15,17);2*1H. The summed E-state index contributed by atoms with van der Waals surface area (Å²) in [6.45, 7) is 9.71. The smallest absolute Gasteiger partial charge is 0.234 e. The zero-order valence-electron chi connectivity index (χ0n) is 12.1. The third kappa shape index (κ3) is 11.5. The van der Waals surface area contributed by atoms with Gasteiger partial charge >= 0.3 is 0 Å². The van der Waals surface area contributed by atoms with E-state index in [1.54, 1.807) is 0 Å². The predicted octanol–water partition coefficient (Wildman–Crippen LogP) is 1.68. The second kappa shape index (κ2) is 13.0. The summed E-state index contributed by atoms with van der Waals surface area (Å²) in [6, 6.07) is 0. The van der Waals surface area contributed by atoms with Crippen LogP contribution < -0.4 is 10.6 Å². The van der Waals surface area contributed by atoms with Crippen LogP contribution in [0.4, 0.5) is 0 Å². The lowest BCUT2D eigenvalue weighted by Crippen LogP contribution is -2.39. The first-order valence-corrected chi connectivity index (χ1v) is 6.96. The van der Waals surface area contributed by atoms with Crippen LogP contribution >= 0.6 is 24.8 Å². The lowest BCUT2D eigenvalue weighted by molar-refractivity contribution is -0.120. The number of nitrogens with zero attached hydrogens (tertiary/aromatic N) is 1. The summed E-state index contributed by atoms with van der Waals surface area (Å²) in [5, 5.41) is 6.16. The number of nitrogens with one attached hydrogen (secondary N) is 2. The van der Waals surface area contributed by atoms with E-state index in [2.05, 4.69) is 29.4 Å². The van der Waals surface area contributed by atoms with Crippen LogP contribution in [0.1, 0.15) is 33.1 Å². The fourth-order valence-corrected chi connectivity index (χ4v) is 1.87. The van der Waals surface area contributed by atoms with E-state index in [0.29, 0.717) is 6.54 Å². The molecule has 0 heterocycles. The van der Waals surface area contributed by atoms with Crippen molar-refractivity contribution in [1.29, 1.82) is 0 Å². The summed E-state index contributed by atoms with van der Waals surface area (Å²) in [7, 11) is 0. The molecule has 0 unspecified atom stereocenters. The van der Waals surface area contributed by atoms with Crippen molar-refractivity contribution in [3.63, 3.8) is 0 Å². The molecule has 1 aliphatic carbocycles. The van der Waals surface area contributed by atoms with Gasteiger partial charge in [-0.05, 0) is 44.8 Å². The molecule has 2 N–H and O–H groups in total. The van der Waals surface area contributed by atoms with E-state index >= 15 is 0 Å². The van der Waals surface area contributed by atoms with Crippen molar-refractivity contribution < 1.29 is 4.79 Å². The second-order valence-corrected chi connectivity index (χ2v) is 4.86. The molecule has 1 saturated carbocycles. The molecule has 0 radical (unpaired) electrons. The summed E-state index contributed by atoms with van der Waals surface area (Å²) in [5.41, 5.74) is 0. The maximum absolute atomic E-state index is 11.5. The van der Waals surface area contributed by atoms with E-state index in [4.69, 9.17) is 0 Å². The Bertz CT molecular complexity index is 226. The van der Waals surface area contributed by atoms with Crippen LogP contribution in [0.25, 0.3) is 0 Å². The number of halogens is 2. The highest BCUT2D eigenvalue weighted by molar-refractivity contribution is 5.85. The highest BCUT2D eigenvalue weighted by Gasteiger charge is 2.20. The van der Waals surface area contributed by atoms with Gasteiger partial charge in [0.05, 0.1) is 6.54 Å². The van der Waals surface area contributed by atoms with Crippen molar-refractivity contribution in [3.05, 3.63) is 0 Å². The Labute approximate surface area is 129 Å². The molecule has 0 atom stereocenters. The van der Waals surface area contributed by atoms with Crippen LogP contribution in [0.3, 0.4) is 0 Å². The average Bonchev–Trinajstić information content (AvgIpc) is 3.12. The number of carbonyl (C=O) groups excluding carboxylic acids is 1. The maximum atomic E-state index is 11.5. The molecule has 4 nitrogen and oxygen atoms in total. The molecule has 1 fully saturated rings. The number of likely N-dealkylation sites (N-methyl/N-ethyl adjacent to an activating group) is 1. The molecule has 19 heavy (non-hydrogen) atoms. The van der Waals surface area contributed by atoms with Gasteiger partial charge in [-0.2, -0.15) is 0 Å². The van der Waals surface area contributed by atoms with Gasteiger partial charge in [-0.3, -0.25) is 4.79 Å². The highest BCUT2D eigenvalue weighted by atomic mass is 35.5. The minimum absolute atomic E-state index is 0. The largest absolute Gasteiger partial charge is 0.354 e. The molecule has 0 saturated heterocycles. The number of rotatable bonds is 10. The normalized spacial score (nSPS) is 13.6. The van der Waals surface area contributed by atoms with Crippen LogP contribution in [-0.4, -0.2) is 50.1 Å². The zero-order chi connectivity index (χ0) is 12.5. The minimum Gasteiger partial charge on any atom is -0.354 e. The first-order chi connectivity index (χ1) is 8.26. The first-order valence-electron chi connectivity index (χ1n) is 6.96. The number of hydrogen-bond acceptors (Lipinski definition) is 3. The third-order valence-electron chi connectivity index (χ3n) is 3.15. The van der Waals surface area contributed by atoms with Crippen LogP contribution in [0.15, 0.2) is 0 Å². The molecule has 0 aromatic rings. The summed E-state index contributed by atoms with van der Waals surface area (Å²) >= 11 is 0. The molecule has 1 rings (SSSR count). The van der Waals surface area contributed by atoms with Gasteiger partial charge in [0, 0.05) is 13.1 Å². The molecular weight excluding hydrogens is 285 g/mol. The van der Waals surface area contributed by atoms with E-state index in [0.717, 1.165) is 38.6 Å². The van der Waals surface area contributed by atoms with Gasteiger partial charge in [-0.1, -0.05) is 13.8 Å². The lowest BCUT2D eigenvalue weighted by atomic mass is 10.4. The molecule has 0 aromatic carbocycles. The van der Waals surface area contributed by atoms with E-state index in [9.17, 15) is 4.79 Å². The van der Waals surface area contributed by atoms with Crippen molar-refractivity contribution in [2.75, 3.05) is 39.3 Å². The van der Waals surface area contributed by atoms with Gasteiger partial charge in [0.25, 0.3) is 0 Å². The van der Waals surface area contributed by atoms with Crippen molar-refractivity contribution in [2.45, 2.75) is 33.1 Å². The fraction of sp³-hybridized carbons (Fsp3) is 0.923. The molecule has 0 aliphatic heterocycles. The Morgan fingerprint density at radius 2 is 1.89 bits per heavy atom. The van der Waals surface area contributed by atoms with Crippen LogP contribution in [-0.2, 0) is 4.79 Å². The first kappa shape index (κ1) is 21.3. The summed E-state index contributed by atoms with van der Waals surface area (Å²) < 4.78 is 0. The quantitative estimate of drug-likeness (QED) is 0.645. The Balaban J connectivity index is 0. The topological polar surface area (TPSA) is 44.4 Å². The SMILES string of the molecule is CCCN(CC)CCNC(=O)CNCC1CC1.Cl.Cl. The summed E-state index contributed by atoms with van der Waals surface area (Å²) in [5.74, 6) is 0.959. The molecule has 0 bridgehead atoms. The van der Waals surface area contributed by atoms with Crippen molar-refractivity contribution in [3.8, 4) is 0 Å². The van der Waals surface area contributed by atoms with Gasteiger partial charge in [-0.25, -0.2) is 0 Å². The van der Waals surface area contributed by atoms with E-state index in [1.165, 1.54) is 19.3 Å². The van der Waals surface area contributed by atoms with Gasteiger partial charge in [0.1, 0.15) is 0 Å². The van der Waals surface area contributed by atoms with Crippen molar-refractivity contribution >= 4 is 30.7 Å².